The average molecular weight is 1360 g/mol. The van der Waals surface area contributed by atoms with Gasteiger partial charge in [0, 0.05) is 94.2 Å². The predicted molar refractivity (Wildman–Crippen MR) is 298 cm³/mol. The molecule has 522 valence electrons. The number of ether oxygens (including phenoxy) is 4. The monoisotopic (exact) mass is 1360 g/mol. The van der Waals surface area contributed by atoms with Crippen molar-refractivity contribution in [1.82, 2.24) is 19.6 Å². The quantitative estimate of drug-likeness (QED) is 0.0507. The summed E-state index contributed by atoms with van der Waals surface area (Å²) in [6, 6.07) is 14.2. The number of hydrogen-bond donors (Lipinski definition) is 2. The number of amides is 2. The van der Waals surface area contributed by atoms with E-state index in [0.29, 0.717) is 55.6 Å². The van der Waals surface area contributed by atoms with Crippen LogP contribution in [0.1, 0.15) is 126 Å². The van der Waals surface area contributed by atoms with E-state index in [4.69, 9.17) is 14.6 Å². The number of aliphatic carboxylic acids is 1. The van der Waals surface area contributed by atoms with Crippen LogP contribution in [0.3, 0.4) is 0 Å². The second-order valence-corrected chi connectivity index (χ2v) is 24.4. The molecule has 0 aliphatic carbocycles. The third kappa shape index (κ3) is 21.6. The standard InChI is InChI=1S/C36H44F9N3O5.C24H28F9N3O4/c1-32(2,3)53-29(49)7-5-15-47(22-24-8-10-28(51-4)11-9-24)27-20-25(19-26(21-27)34(37,38)39)23-48-16-6-12-33(48)13-17-46(18-14-33)31(50)52-30(35(40,41)42)36(43,44)45;25-22(26,27)16-11-15(12-17(13-16)34-7-1-3-18(37)38)14-36-8-2-4-21(36)5-9-35(10-6-21)20(39)40-19(23(28,29)30)24(31,32)33/h8-11,19-21,30H,5-7,12-18,22-23H2,1-4H3;11-13,19,34H,1-10,14H2,(H,37,38). The summed E-state index contributed by atoms with van der Waals surface area (Å²) in [6.07, 6.45) is -41.2. The number of rotatable bonds is 19. The Balaban J connectivity index is 0.000000307. The van der Waals surface area contributed by atoms with Gasteiger partial charge in [-0.15, -0.1) is 0 Å². The van der Waals surface area contributed by atoms with Crippen LogP contribution in [0.4, 0.5) is 100.0 Å². The lowest BCUT2D eigenvalue weighted by Gasteiger charge is -2.45. The van der Waals surface area contributed by atoms with Gasteiger partial charge in [-0.1, -0.05) is 12.1 Å². The molecule has 2 amide bonds. The minimum absolute atomic E-state index is 0.0378. The van der Waals surface area contributed by atoms with E-state index in [1.54, 1.807) is 56.0 Å². The third-order valence-corrected chi connectivity index (χ3v) is 16.4. The molecule has 2 spiro atoms. The number of carboxylic acid groups (broad SMARTS) is 1. The molecule has 0 bridgehead atoms. The Labute approximate surface area is 523 Å². The van der Waals surface area contributed by atoms with Gasteiger partial charge in [0.15, 0.2) is 0 Å². The van der Waals surface area contributed by atoms with Crippen LogP contribution in [0.5, 0.6) is 5.75 Å². The number of carbonyl (C=O) groups excluding carboxylic acids is 3. The number of benzene rings is 3. The fraction of sp³-hybridized carbons (Fsp3) is 0.633. The molecule has 4 aliphatic rings. The number of carbonyl (C=O) groups is 4. The first-order valence-corrected chi connectivity index (χ1v) is 29.6. The van der Waals surface area contributed by atoms with Crippen molar-refractivity contribution in [3.8, 4) is 5.75 Å². The van der Waals surface area contributed by atoms with Crippen molar-refractivity contribution in [3.05, 3.63) is 88.5 Å². The van der Waals surface area contributed by atoms with Crippen molar-refractivity contribution in [2.45, 2.75) is 183 Å². The number of esters is 1. The number of halogens is 18. The summed E-state index contributed by atoms with van der Waals surface area (Å²) in [7, 11) is 1.51. The molecule has 0 atom stereocenters. The SMILES string of the molecule is COc1ccc(CN(CCCC(=O)OC(C)(C)C)c2cc(CN3CCCC34CCN(C(=O)OC(C(F)(F)F)C(F)(F)F)CC4)cc(C(F)(F)F)c2)cc1.O=C(O)CCCNc1cc(CN2CCCC23CCN(C(=O)OC(C(F)(F)F)C(F)(F)F)CC3)cc(C(F)(F)F)c1. The van der Waals surface area contributed by atoms with Gasteiger partial charge in [-0.25, -0.2) is 9.59 Å². The second kappa shape index (κ2) is 29.9. The van der Waals surface area contributed by atoms with Gasteiger partial charge >= 0.3 is 61.2 Å². The maximum absolute atomic E-state index is 14.4. The van der Waals surface area contributed by atoms with Crippen LogP contribution in [-0.4, -0.2) is 162 Å². The Morgan fingerprint density at radius 1 is 0.559 bits per heavy atom. The van der Waals surface area contributed by atoms with Crippen LogP contribution in [0.2, 0.25) is 0 Å². The molecule has 0 aromatic heterocycles. The molecular weight excluding hydrogens is 1290 g/mol. The molecular formula is C60H72F18N6O9. The number of nitrogens with one attached hydrogen (secondary N) is 1. The van der Waals surface area contributed by atoms with Crippen molar-refractivity contribution in [2.75, 3.05) is 69.7 Å². The number of likely N-dealkylation sites (tertiary alicyclic amines) is 4. The molecule has 4 saturated heterocycles. The lowest BCUT2D eigenvalue weighted by molar-refractivity contribution is -0.309. The van der Waals surface area contributed by atoms with Crippen LogP contribution in [0, 0.1) is 0 Å². The molecule has 0 unspecified atom stereocenters. The molecule has 4 aliphatic heterocycles. The minimum Gasteiger partial charge on any atom is -0.497 e. The molecule has 3 aromatic rings. The van der Waals surface area contributed by atoms with Crippen LogP contribution < -0.4 is 15.0 Å². The van der Waals surface area contributed by atoms with Gasteiger partial charge in [0.25, 0.3) is 12.2 Å². The van der Waals surface area contributed by atoms with Crippen LogP contribution in [0.25, 0.3) is 0 Å². The number of anilines is 2. The molecule has 3 aromatic carbocycles. The normalized spacial score (nSPS) is 17.6. The average Bonchev–Trinajstić information content (AvgIpc) is 1.72. The van der Waals surface area contributed by atoms with Crippen LogP contribution in [0.15, 0.2) is 60.7 Å². The van der Waals surface area contributed by atoms with Gasteiger partial charge in [-0.2, -0.15) is 79.0 Å². The van der Waals surface area contributed by atoms with Crippen molar-refractivity contribution < 1.29 is 122 Å². The van der Waals surface area contributed by atoms with Crippen molar-refractivity contribution in [2.24, 2.45) is 0 Å². The van der Waals surface area contributed by atoms with Crippen molar-refractivity contribution in [1.29, 1.82) is 0 Å². The predicted octanol–water partition coefficient (Wildman–Crippen LogP) is 14.9. The lowest BCUT2D eigenvalue weighted by atomic mass is 9.84. The zero-order valence-corrected chi connectivity index (χ0v) is 50.9. The topological polar surface area (TPSA) is 154 Å². The minimum atomic E-state index is -5.85. The van der Waals surface area contributed by atoms with Gasteiger partial charge in [0.1, 0.15) is 11.4 Å². The highest BCUT2D eigenvalue weighted by molar-refractivity contribution is 5.70. The van der Waals surface area contributed by atoms with Gasteiger partial charge < -0.3 is 44.1 Å². The number of hydrogen-bond acceptors (Lipinski definition) is 12. The molecule has 2 N–H and O–H groups in total. The first kappa shape index (κ1) is 75.2. The maximum Gasteiger partial charge on any atom is 0.434 e. The molecule has 4 heterocycles. The number of nitrogens with zero attached hydrogens (tertiary/aromatic N) is 5. The Bertz CT molecular complexity index is 2960. The highest BCUT2D eigenvalue weighted by atomic mass is 19.4. The number of carboxylic acids is 1. The molecule has 7 rings (SSSR count). The largest absolute Gasteiger partial charge is 0.497 e. The van der Waals surface area contributed by atoms with Gasteiger partial charge in [-0.05, 0) is 163 Å². The molecule has 33 heteroatoms. The fourth-order valence-corrected chi connectivity index (χ4v) is 11.9. The zero-order valence-electron chi connectivity index (χ0n) is 50.9. The Kier molecular flexibility index (Phi) is 24.2. The van der Waals surface area contributed by atoms with E-state index >= 15 is 0 Å². The van der Waals surface area contributed by atoms with E-state index in [2.05, 4.69) is 14.8 Å². The summed E-state index contributed by atoms with van der Waals surface area (Å²) in [5.74, 6) is -0.878. The van der Waals surface area contributed by atoms with E-state index in [-0.39, 0.29) is 122 Å². The summed E-state index contributed by atoms with van der Waals surface area (Å²) >= 11 is 0. The van der Waals surface area contributed by atoms with Crippen molar-refractivity contribution in [3.63, 3.8) is 0 Å². The van der Waals surface area contributed by atoms with Gasteiger partial charge in [-0.3, -0.25) is 19.4 Å². The maximum atomic E-state index is 14.4. The Morgan fingerprint density at radius 2 is 1.00 bits per heavy atom. The molecule has 4 fully saturated rings. The van der Waals surface area contributed by atoms with Gasteiger partial charge in [0.05, 0.1) is 18.2 Å². The van der Waals surface area contributed by atoms with E-state index in [9.17, 15) is 98.2 Å². The smallest absolute Gasteiger partial charge is 0.434 e. The highest BCUT2D eigenvalue weighted by Gasteiger charge is 2.62. The summed E-state index contributed by atoms with van der Waals surface area (Å²) in [6.45, 7) is 6.13. The van der Waals surface area contributed by atoms with Gasteiger partial charge in [0.2, 0.25) is 0 Å². The highest BCUT2D eigenvalue weighted by Crippen LogP contribution is 2.45. The summed E-state index contributed by atoms with van der Waals surface area (Å²) in [4.78, 5) is 54.9. The Hall–Kier alpha value is -6.80. The zero-order chi connectivity index (χ0) is 69.3. The molecule has 0 radical (unpaired) electrons. The Morgan fingerprint density at radius 3 is 1.41 bits per heavy atom. The first-order valence-electron chi connectivity index (χ1n) is 29.6. The molecule has 15 nitrogen and oxygen atoms in total. The third-order valence-electron chi connectivity index (χ3n) is 16.4. The van der Waals surface area contributed by atoms with Crippen molar-refractivity contribution >= 4 is 35.5 Å². The van der Waals surface area contributed by atoms with E-state index < -0.39 is 101 Å². The van der Waals surface area contributed by atoms with E-state index in [1.165, 1.54) is 13.2 Å². The van der Waals surface area contributed by atoms with Crippen LogP contribution >= 0.6 is 0 Å². The summed E-state index contributed by atoms with van der Waals surface area (Å²) in [5, 5.41) is 11.5. The molecule has 0 saturated carbocycles. The number of alkyl halides is 18. The first-order chi connectivity index (χ1) is 42.9. The van der Waals surface area contributed by atoms with Crippen LogP contribution in [-0.2, 0) is 55.8 Å². The molecule has 93 heavy (non-hydrogen) atoms. The lowest BCUT2D eigenvalue weighted by Crippen LogP contribution is -2.54. The summed E-state index contributed by atoms with van der Waals surface area (Å²) in [5.41, 5.74) is -1.88. The summed E-state index contributed by atoms with van der Waals surface area (Å²) < 4.78 is 257. The van der Waals surface area contributed by atoms with E-state index in [0.717, 1.165) is 39.6 Å². The van der Waals surface area contributed by atoms with E-state index in [1.807, 2.05) is 9.80 Å². The second-order valence-electron chi connectivity index (χ2n) is 24.4. The number of methoxy groups -OCH3 is 1. The number of piperidine rings is 2. The fourth-order valence-electron chi connectivity index (χ4n) is 11.9.